The summed E-state index contributed by atoms with van der Waals surface area (Å²) in [6, 6.07) is 0.150. The molecule has 22 heavy (non-hydrogen) atoms. The number of nitrogens with zero attached hydrogens (tertiary/aromatic N) is 3. The fourth-order valence-corrected chi connectivity index (χ4v) is 1.71. The SMILES string of the molecule is CCOC(C)c1noc(CNC(=NC)NC(C)COC)n1.I. The van der Waals surface area contributed by atoms with E-state index in [2.05, 4.69) is 25.8 Å². The standard InChI is InChI=1S/C13H25N5O3.HI/c1-6-20-10(3)12-17-11(21-18-12)7-15-13(14-4)16-9(2)8-19-5;/h9-10H,6-8H2,1-5H3,(H2,14,15,16);1H. The minimum atomic E-state index is -0.174. The van der Waals surface area contributed by atoms with Gasteiger partial charge in [0.05, 0.1) is 13.2 Å². The summed E-state index contributed by atoms with van der Waals surface area (Å²) < 4.78 is 15.6. The number of guanidine groups is 1. The van der Waals surface area contributed by atoms with E-state index < -0.39 is 0 Å². The smallest absolute Gasteiger partial charge is 0.246 e. The molecule has 2 unspecified atom stereocenters. The van der Waals surface area contributed by atoms with Crippen LogP contribution in [0.25, 0.3) is 0 Å². The van der Waals surface area contributed by atoms with Crippen LogP contribution in [0.3, 0.4) is 0 Å². The molecule has 0 aliphatic carbocycles. The Hall–Kier alpha value is -0.940. The fraction of sp³-hybridized carbons (Fsp3) is 0.769. The Balaban J connectivity index is 0.00000441. The van der Waals surface area contributed by atoms with Crippen molar-refractivity contribution >= 4 is 29.9 Å². The molecule has 0 radical (unpaired) electrons. The van der Waals surface area contributed by atoms with E-state index in [-0.39, 0.29) is 36.1 Å². The van der Waals surface area contributed by atoms with Gasteiger partial charge in [-0.2, -0.15) is 4.98 Å². The van der Waals surface area contributed by atoms with E-state index >= 15 is 0 Å². The van der Waals surface area contributed by atoms with E-state index in [1.807, 2.05) is 20.8 Å². The monoisotopic (exact) mass is 427 g/mol. The molecule has 1 rings (SSSR count). The fourth-order valence-electron chi connectivity index (χ4n) is 1.71. The van der Waals surface area contributed by atoms with Crippen molar-refractivity contribution in [2.75, 3.05) is 27.4 Å². The highest BCUT2D eigenvalue weighted by Crippen LogP contribution is 2.12. The first-order valence-electron chi connectivity index (χ1n) is 7.00. The van der Waals surface area contributed by atoms with Gasteiger partial charge in [-0.3, -0.25) is 4.99 Å². The normalized spacial score (nSPS) is 14.1. The molecular weight excluding hydrogens is 401 g/mol. The van der Waals surface area contributed by atoms with Crippen LogP contribution in [0, 0.1) is 0 Å². The van der Waals surface area contributed by atoms with Gasteiger partial charge in [0.1, 0.15) is 6.10 Å². The van der Waals surface area contributed by atoms with Crippen molar-refractivity contribution in [3.05, 3.63) is 11.7 Å². The van der Waals surface area contributed by atoms with Crippen LogP contribution >= 0.6 is 24.0 Å². The third-order valence-electron chi connectivity index (χ3n) is 2.69. The van der Waals surface area contributed by atoms with Gasteiger partial charge >= 0.3 is 0 Å². The van der Waals surface area contributed by atoms with Gasteiger partial charge in [0.2, 0.25) is 5.89 Å². The number of hydrogen-bond donors (Lipinski definition) is 2. The summed E-state index contributed by atoms with van der Waals surface area (Å²) in [6.45, 7) is 7.42. The number of hydrogen-bond acceptors (Lipinski definition) is 6. The number of methoxy groups -OCH3 is 1. The van der Waals surface area contributed by atoms with Crippen molar-refractivity contribution in [3.8, 4) is 0 Å². The van der Waals surface area contributed by atoms with Gasteiger partial charge < -0.3 is 24.6 Å². The van der Waals surface area contributed by atoms with E-state index in [1.165, 1.54) is 0 Å². The quantitative estimate of drug-likeness (QED) is 0.369. The molecule has 2 atom stereocenters. The average molecular weight is 427 g/mol. The molecule has 0 aromatic carbocycles. The second-order valence-corrected chi connectivity index (χ2v) is 4.57. The molecule has 0 spiro atoms. The number of aliphatic imine (C=N–C) groups is 1. The molecule has 0 aliphatic rings. The lowest BCUT2D eigenvalue weighted by Gasteiger charge is -2.16. The maximum Gasteiger partial charge on any atom is 0.246 e. The average Bonchev–Trinajstić information content (AvgIpc) is 2.93. The van der Waals surface area contributed by atoms with Crippen LogP contribution < -0.4 is 10.6 Å². The third kappa shape index (κ3) is 7.36. The van der Waals surface area contributed by atoms with Crippen molar-refractivity contribution in [1.82, 2.24) is 20.8 Å². The van der Waals surface area contributed by atoms with E-state index in [0.717, 1.165) is 0 Å². The van der Waals surface area contributed by atoms with Crippen molar-refractivity contribution in [2.24, 2.45) is 4.99 Å². The summed E-state index contributed by atoms with van der Waals surface area (Å²) in [5, 5.41) is 10.2. The van der Waals surface area contributed by atoms with Crippen molar-refractivity contribution in [3.63, 3.8) is 0 Å². The molecule has 0 aliphatic heterocycles. The summed E-state index contributed by atoms with van der Waals surface area (Å²) in [4.78, 5) is 8.40. The Kier molecular flexibility index (Phi) is 11.1. The van der Waals surface area contributed by atoms with Crippen molar-refractivity contribution in [1.29, 1.82) is 0 Å². The molecule has 128 valence electrons. The summed E-state index contributed by atoms with van der Waals surface area (Å²) in [6.07, 6.45) is -0.174. The highest BCUT2D eigenvalue weighted by molar-refractivity contribution is 14.0. The van der Waals surface area contributed by atoms with E-state index in [4.69, 9.17) is 14.0 Å². The highest BCUT2D eigenvalue weighted by Gasteiger charge is 2.14. The van der Waals surface area contributed by atoms with E-state index in [1.54, 1.807) is 14.2 Å². The summed E-state index contributed by atoms with van der Waals surface area (Å²) >= 11 is 0. The maximum atomic E-state index is 5.41. The number of ether oxygens (including phenoxy) is 2. The molecule has 0 bridgehead atoms. The van der Waals surface area contributed by atoms with E-state index in [0.29, 0.717) is 37.4 Å². The highest BCUT2D eigenvalue weighted by atomic mass is 127. The molecule has 0 fully saturated rings. The van der Waals surface area contributed by atoms with Gasteiger partial charge in [-0.25, -0.2) is 0 Å². The van der Waals surface area contributed by atoms with Gasteiger partial charge in [-0.15, -0.1) is 24.0 Å². The zero-order valence-electron chi connectivity index (χ0n) is 13.8. The predicted octanol–water partition coefficient (Wildman–Crippen LogP) is 1.48. The second-order valence-electron chi connectivity index (χ2n) is 4.57. The molecule has 1 aromatic heterocycles. The minimum Gasteiger partial charge on any atom is -0.383 e. The molecule has 9 heteroatoms. The molecule has 0 saturated carbocycles. The Morgan fingerprint density at radius 1 is 1.41 bits per heavy atom. The zero-order chi connectivity index (χ0) is 15.7. The first-order valence-corrected chi connectivity index (χ1v) is 7.00. The minimum absolute atomic E-state index is 0. The van der Waals surface area contributed by atoms with Gasteiger partial charge in [0, 0.05) is 26.8 Å². The second kappa shape index (κ2) is 11.6. The van der Waals surface area contributed by atoms with Crippen LogP contribution in [-0.4, -0.2) is 49.5 Å². The zero-order valence-corrected chi connectivity index (χ0v) is 16.1. The Morgan fingerprint density at radius 2 is 2.14 bits per heavy atom. The molecule has 2 N–H and O–H groups in total. The largest absolute Gasteiger partial charge is 0.383 e. The lowest BCUT2D eigenvalue weighted by atomic mass is 10.4. The van der Waals surface area contributed by atoms with Crippen LogP contribution in [0.1, 0.15) is 38.6 Å². The Bertz CT molecular complexity index is 441. The summed E-state index contributed by atoms with van der Waals surface area (Å²) in [5.74, 6) is 1.68. The lowest BCUT2D eigenvalue weighted by Crippen LogP contribution is -2.43. The van der Waals surface area contributed by atoms with E-state index in [9.17, 15) is 0 Å². The van der Waals surface area contributed by atoms with Crippen LogP contribution in [0.15, 0.2) is 9.52 Å². The van der Waals surface area contributed by atoms with Crippen LogP contribution in [0.4, 0.5) is 0 Å². The first kappa shape index (κ1) is 21.1. The number of aromatic nitrogens is 2. The lowest BCUT2D eigenvalue weighted by molar-refractivity contribution is 0.0683. The molecular formula is C13H26IN5O3. The third-order valence-corrected chi connectivity index (χ3v) is 2.69. The Morgan fingerprint density at radius 3 is 2.73 bits per heavy atom. The van der Waals surface area contributed by atoms with Crippen molar-refractivity contribution in [2.45, 2.75) is 39.5 Å². The van der Waals surface area contributed by atoms with Crippen LogP contribution in [0.5, 0.6) is 0 Å². The summed E-state index contributed by atoms with van der Waals surface area (Å²) in [5.41, 5.74) is 0. The molecule has 0 saturated heterocycles. The maximum absolute atomic E-state index is 5.41. The van der Waals surface area contributed by atoms with Crippen molar-refractivity contribution < 1.29 is 14.0 Å². The predicted molar refractivity (Wildman–Crippen MR) is 94.4 cm³/mol. The first-order chi connectivity index (χ1) is 10.1. The van der Waals surface area contributed by atoms with Crippen LogP contribution in [0.2, 0.25) is 0 Å². The molecule has 8 nitrogen and oxygen atoms in total. The van der Waals surface area contributed by atoms with Gasteiger partial charge in [-0.1, -0.05) is 5.16 Å². The Labute approximate surface area is 148 Å². The van der Waals surface area contributed by atoms with Gasteiger partial charge in [0.15, 0.2) is 11.8 Å². The number of rotatable bonds is 8. The van der Waals surface area contributed by atoms with Gasteiger partial charge in [0.25, 0.3) is 0 Å². The molecule has 1 aromatic rings. The van der Waals surface area contributed by atoms with Crippen LogP contribution in [-0.2, 0) is 16.0 Å². The number of nitrogens with one attached hydrogen (secondary N) is 2. The number of halogens is 1. The topological polar surface area (TPSA) is 93.8 Å². The molecule has 1 heterocycles. The molecule has 0 amide bonds. The summed E-state index contributed by atoms with van der Waals surface area (Å²) in [7, 11) is 3.36. The van der Waals surface area contributed by atoms with Gasteiger partial charge in [-0.05, 0) is 20.8 Å².